The number of likely N-dealkylation sites (tertiary alicyclic amines) is 1. The molecule has 0 bridgehead atoms. The van der Waals surface area contributed by atoms with Crippen LogP contribution in [-0.4, -0.2) is 40.9 Å². The van der Waals surface area contributed by atoms with Crippen LogP contribution in [0.5, 0.6) is 0 Å². The number of nitrogens with one attached hydrogen (secondary N) is 1. The van der Waals surface area contributed by atoms with Gasteiger partial charge in [0.05, 0.1) is 11.9 Å². The SMILES string of the molecule is CCCn1ncc(NCC2CCCCN2C)c(Br)c1=O. The molecule has 2 rings (SSSR count). The van der Waals surface area contributed by atoms with E-state index in [-0.39, 0.29) is 5.56 Å². The number of rotatable bonds is 5. The van der Waals surface area contributed by atoms with Gasteiger partial charge in [0.25, 0.3) is 5.56 Å². The number of piperidine rings is 1. The third-order valence-electron chi connectivity index (χ3n) is 3.87. The highest BCUT2D eigenvalue weighted by atomic mass is 79.9. The Bertz CT molecular complexity index is 502. The van der Waals surface area contributed by atoms with E-state index in [1.54, 1.807) is 6.20 Å². The van der Waals surface area contributed by atoms with Gasteiger partial charge in [0, 0.05) is 19.1 Å². The molecule has 1 N–H and O–H groups in total. The first-order valence-corrected chi connectivity index (χ1v) is 8.12. The van der Waals surface area contributed by atoms with Gasteiger partial charge in [-0.1, -0.05) is 13.3 Å². The van der Waals surface area contributed by atoms with Crippen LogP contribution in [0.3, 0.4) is 0 Å². The Labute approximate surface area is 128 Å². The maximum atomic E-state index is 12.1. The molecule has 0 spiro atoms. The van der Waals surface area contributed by atoms with Crippen LogP contribution in [0.1, 0.15) is 32.6 Å². The Hall–Kier alpha value is -0.880. The van der Waals surface area contributed by atoms with E-state index in [2.05, 4.69) is 38.3 Å². The molecule has 1 aliphatic heterocycles. The van der Waals surface area contributed by atoms with Gasteiger partial charge in [-0.3, -0.25) is 4.79 Å². The lowest BCUT2D eigenvalue weighted by Crippen LogP contribution is -2.41. The normalized spacial score (nSPS) is 20.1. The minimum absolute atomic E-state index is 0.0613. The Morgan fingerprint density at radius 2 is 2.30 bits per heavy atom. The summed E-state index contributed by atoms with van der Waals surface area (Å²) in [6.07, 6.45) is 6.42. The third-order valence-corrected chi connectivity index (χ3v) is 4.64. The maximum Gasteiger partial charge on any atom is 0.283 e. The number of anilines is 1. The number of hydrogen-bond donors (Lipinski definition) is 1. The summed E-state index contributed by atoms with van der Waals surface area (Å²) in [5, 5.41) is 7.57. The molecular formula is C14H23BrN4O. The highest BCUT2D eigenvalue weighted by molar-refractivity contribution is 9.10. The standard InChI is InChI=1S/C14H23BrN4O/c1-3-7-19-14(20)13(15)12(10-17-19)16-9-11-6-4-5-8-18(11)2/h10-11,16H,3-9H2,1-2H3. The molecule has 5 nitrogen and oxygen atoms in total. The van der Waals surface area contributed by atoms with E-state index >= 15 is 0 Å². The minimum Gasteiger partial charge on any atom is -0.381 e. The summed E-state index contributed by atoms with van der Waals surface area (Å²) in [6, 6.07) is 0.536. The predicted molar refractivity (Wildman–Crippen MR) is 85.2 cm³/mol. The molecular weight excluding hydrogens is 320 g/mol. The number of aryl methyl sites for hydroxylation is 1. The minimum atomic E-state index is -0.0613. The van der Waals surface area contributed by atoms with Crippen molar-refractivity contribution in [1.82, 2.24) is 14.7 Å². The van der Waals surface area contributed by atoms with E-state index in [0.29, 0.717) is 17.1 Å². The average Bonchev–Trinajstić information content (AvgIpc) is 2.45. The number of halogens is 1. The summed E-state index contributed by atoms with van der Waals surface area (Å²) < 4.78 is 2.08. The summed E-state index contributed by atoms with van der Waals surface area (Å²) in [7, 11) is 2.16. The number of nitrogens with zero attached hydrogens (tertiary/aromatic N) is 3. The number of hydrogen-bond acceptors (Lipinski definition) is 4. The average molecular weight is 343 g/mol. The van der Waals surface area contributed by atoms with Crippen molar-refractivity contribution in [1.29, 1.82) is 0 Å². The van der Waals surface area contributed by atoms with Gasteiger partial charge in [0.2, 0.25) is 0 Å². The van der Waals surface area contributed by atoms with Crippen LogP contribution in [0.4, 0.5) is 5.69 Å². The molecule has 0 aromatic carbocycles. The van der Waals surface area contributed by atoms with E-state index < -0.39 is 0 Å². The van der Waals surface area contributed by atoms with Crippen LogP contribution in [0.2, 0.25) is 0 Å². The summed E-state index contributed by atoms with van der Waals surface area (Å²) in [5.74, 6) is 0. The van der Waals surface area contributed by atoms with Crippen LogP contribution >= 0.6 is 15.9 Å². The summed E-state index contributed by atoms with van der Waals surface area (Å²) in [5.41, 5.74) is 0.732. The zero-order chi connectivity index (χ0) is 14.5. The van der Waals surface area contributed by atoms with Gasteiger partial charge in [-0.05, 0) is 48.8 Å². The molecule has 1 aliphatic rings. The van der Waals surface area contributed by atoms with Gasteiger partial charge in [-0.15, -0.1) is 0 Å². The van der Waals surface area contributed by atoms with Crippen LogP contribution in [-0.2, 0) is 6.54 Å². The van der Waals surface area contributed by atoms with Crippen molar-refractivity contribution >= 4 is 21.6 Å². The Kier molecular flexibility index (Phi) is 5.60. The zero-order valence-corrected chi connectivity index (χ0v) is 13.8. The lowest BCUT2D eigenvalue weighted by molar-refractivity contribution is 0.194. The van der Waals surface area contributed by atoms with Gasteiger partial charge in [-0.25, -0.2) is 4.68 Å². The van der Waals surface area contributed by atoms with Crippen molar-refractivity contribution in [2.24, 2.45) is 0 Å². The first-order valence-electron chi connectivity index (χ1n) is 7.33. The molecule has 0 aliphatic carbocycles. The molecule has 1 aromatic rings. The number of aromatic nitrogens is 2. The molecule has 1 aromatic heterocycles. The molecule has 6 heteroatoms. The second-order valence-corrected chi connectivity index (χ2v) is 6.20. The molecule has 112 valence electrons. The fourth-order valence-corrected chi connectivity index (χ4v) is 3.04. The van der Waals surface area contributed by atoms with E-state index in [1.165, 1.54) is 23.9 Å². The lowest BCUT2D eigenvalue weighted by atomic mass is 10.0. The van der Waals surface area contributed by atoms with Gasteiger partial charge in [0.1, 0.15) is 4.47 Å². The maximum absolute atomic E-state index is 12.1. The smallest absolute Gasteiger partial charge is 0.283 e. The Balaban J connectivity index is 2.02. The third kappa shape index (κ3) is 3.61. The van der Waals surface area contributed by atoms with Crippen molar-refractivity contribution in [2.45, 2.75) is 45.2 Å². The van der Waals surface area contributed by atoms with Crippen molar-refractivity contribution in [3.63, 3.8) is 0 Å². The Morgan fingerprint density at radius 3 is 3.00 bits per heavy atom. The quantitative estimate of drug-likeness (QED) is 0.891. The van der Waals surface area contributed by atoms with Gasteiger partial charge in [0.15, 0.2) is 0 Å². The van der Waals surface area contributed by atoms with E-state index in [4.69, 9.17) is 0 Å². The van der Waals surface area contributed by atoms with Crippen LogP contribution in [0.15, 0.2) is 15.5 Å². The van der Waals surface area contributed by atoms with E-state index in [0.717, 1.165) is 25.2 Å². The van der Waals surface area contributed by atoms with Crippen molar-refractivity contribution in [3.8, 4) is 0 Å². The molecule has 1 atom stereocenters. The van der Waals surface area contributed by atoms with E-state index in [1.807, 2.05) is 6.92 Å². The topological polar surface area (TPSA) is 50.2 Å². The summed E-state index contributed by atoms with van der Waals surface area (Å²) in [6.45, 7) is 4.70. The Morgan fingerprint density at radius 1 is 1.50 bits per heavy atom. The lowest BCUT2D eigenvalue weighted by Gasteiger charge is -2.32. The largest absolute Gasteiger partial charge is 0.381 e. The highest BCUT2D eigenvalue weighted by Crippen LogP contribution is 2.19. The first kappa shape index (κ1) is 15.5. The molecule has 0 radical (unpaired) electrons. The van der Waals surface area contributed by atoms with Gasteiger partial charge in [-0.2, -0.15) is 5.10 Å². The first-order chi connectivity index (χ1) is 9.63. The molecule has 1 saturated heterocycles. The summed E-state index contributed by atoms with van der Waals surface area (Å²) >= 11 is 3.39. The molecule has 20 heavy (non-hydrogen) atoms. The van der Waals surface area contributed by atoms with Crippen molar-refractivity contribution in [3.05, 3.63) is 21.0 Å². The monoisotopic (exact) mass is 342 g/mol. The molecule has 1 unspecified atom stereocenters. The van der Waals surface area contributed by atoms with Gasteiger partial charge >= 0.3 is 0 Å². The van der Waals surface area contributed by atoms with Crippen molar-refractivity contribution in [2.75, 3.05) is 25.5 Å². The number of likely N-dealkylation sites (N-methyl/N-ethyl adjacent to an activating group) is 1. The highest BCUT2D eigenvalue weighted by Gasteiger charge is 2.19. The second-order valence-electron chi connectivity index (χ2n) is 5.41. The molecule has 0 saturated carbocycles. The molecule has 0 amide bonds. The fraction of sp³-hybridized carbons (Fsp3) is 0.714. The van der Waals surface area contributed by atoms with Crippen molar-refractivity contribution < 1.29 is 0 Å². The summed E-state index contributed by atoms with van der Waals surface area (Å²) in [4.78, 5) is 14.5. The van der Waals surface area contributed by atoms with Crippen LogP contribution in [0, 0.1) is 0 Å². The second kappa shape index (κ2) is 7.22. The van der Waals surface area contributed by atoms with Crippen LogP contribution in [0.25, 0.3) is 0 Å². The molecule has 1 fully saturated rings. The fourth-order valence-electron chi connectivity index (χ4n) is 2.59. The van der Waals surface area contributed by atoms with Gasteiger partial charge < -0.3 is 10.2 Å². The van der Waals surface area contributed by atoms with E-state index in [9.17, 15) is 4.79 Å². The predicted octanol–water partition coefficient (Wildman–Crippen LogP) is 2.31. The van der Waals surface area contributed by atoms with Crippen LogP contribution < -0.4 is 10.9 Å². The zero-order valence-electron chi connectivity index (χ0n) is 12.2. The molecule has 2 heterocycles.